The van der Waals surface area contributed by atoms with E-state index in [0.29, 0.717) is 22.2 Å². The van der Waals surface area contributed by atoms with Crippen molar-refractivity contribution in [2.45, 2.75) is 0 Å². The highest BCUT2D eigenvalue weighted by Gasteiger charge is 2.08. The molecule has 5 heteroatoms. The average Bonchev–Trinajstić information content (AvgIpc) is 2.31. The van der Waals surface area contributed by atoms with Crippen LogP contribution < -0.4 is 16.2 Å². The summed E-state index contributed by atoms with van der Waals surface area (Å²) in [5, 5.41) is 0.568. The molecule has 0 aromatic heterocycles. The van der Waals surface area contributed by atoms with Crippen LogP contribution in [-0.2, 0) is 0 Å². The predicted octanol–water partition coefficient (Wildman–Crippen LogP) is 2.81. The van der Waals surface area contributed by atoms with Crippen LogP contribution in [-0.4, -0.2) is 5.91 Å². The number of ether oxygens (including phenoxy) is 1. The lowest BCUT2D eigenvalue weighted by Crippen LogP contribution is -2.13. The van der Waals surface area contributed by atoms with Crippen molar-refractivity contribution >= 4 is 23.2 Å². The first-order valence-corrected chi connectivity index (χ1v) is 5.57. The topological polar surface area (TPSA) is 78.3 Å². The third-order valence-corrected chi connectivity index (χ3v) is 2.56. The molecule has 4 nitrogen and oxygen atoms in total. The van der Waals surface area contributed by atoms with Gasteiger partial charge in [-0.3, -0.25) is 4.79 Å². The van der Waals surface area contributed by atoms with Gasteiger partial charge in [0.25, 0.3) is 5.91 Å². The van der Waals surface area contributed by atoms with Crippen LogP contribution in [0.15, 0.2) is 42.5 Å². The molecule has 18 heavy (non-hydrogen) atoms. The lowest BCUT2D eigenvalue weighted by atomic mass is 10.1. The van der Waals surface area contributed by atoms with Crippen LogP contribution in [0, 0.1) is 0 Å². The van der Waals surface area contributed by atoms with Gasteiger partial charge in [0.1, 0.15) is 11.5 Å². The molecule has 0 radical (unpaired) electrons. The third-order valence-electron chi connectivity index (χ3n) is 2.32. The van der Waals surface area contributed by atoms with Crippen molar-refractivity contribution < 1.29 is 9.53 Å². The number of primary amides is 1. The van der Waals surface area contributed by atoms with E-state index in [4.69, 9.17) is 27.8 Å². The van der Waals surface area contributed by atoms with E-state index in [9.17, 15) is 4.79 Å². The highest BCUT2D eigenvalue weighted by molar-refractivity contribution is 6.30. The molecular formula is C13H11ClN2O2. The van der Waals surface area contributed by atoms with Gasteiger partial charge in [-0.05, 0) is 36.4 Å². The monoisotopic (exact) mass is 262 g/mol. The molecule has 0 fully saturated rings. The lowest BCUT2D eigenvalue weighted by Gasteiger charge is -2.08. The molecule has 0 bridgehead atoms. The Morgan fingerprint density at radius 3 is 2.50 bits per heavy atom. The summed E-state index contributed by atoms with van der Waals surface area (Å²) in [4.78, 5) is 11.1. The maximum Gasteiger partial charge on any atom is 0.250 e. The molecule has 0 atom stereocenters. The molecular weight excluding hydrogens is 252 g/mol. The molecule has 2 aromatic rings. The molecule has 0 aliphatic heterocycles. The molecule has 0 saturated carbocycles. The van der Waals surface area contributed by atoms with Crippen molar-refractivity contribution in [3.05, 3.63) is 53.1 Å². The predicted molar refractivity (Wildman–Crippen MR) is 70.9 cm³/mol. The Kier molecular flexibility index (Phi) is 3.39. The first-order chi connectivity index (χ1) is 8.56. The maximum atomic E-state index is 11.1. The number of rotatable bonds is 3. The fourth-order valence-corrected chi connectivity index (χ4v) is 1.66. The zero-order chi connectivity index (χ0) is 13.1. The quantitative estimate of drug-likeness (QED) is 0.835. The van der Waals surface area contributed by atoms with Crippen molar-refractivity contribution in [3.63, 3.8) is 0 Å². The van der Waals surface area contributed by atoms with E-state index in [1.807, 2.05) is 0 Å². The number of hydrogen-bond acceptors (Lipinski definition) is 3. The average molecular weight is 263 g/mol. The van der Waals surface area contributed by atoms with E-state index in [1.165, 1.54) is 6.07 Å². The Bertz CT molecular complexity index is 599. The number of nitrogens with two attached hydrogens (primary N) is 2. The lowest BCUT2D eigenvalue weighted by molar-refractivity contribution is 0.100. The summed E-state index contributed by atoms with van der Waals surface area (Å²) in [7, 11) is 0. The second-order valence-electron chi connectivity index (χ2n) is 3.67. The number of carbonyl (C=O) groups is 1. The molecule has 2 aromatic carbocycles. The van der Waals surface area contributed by atoms with E-state index < -0.39 is 5.91 Å². The van der Waals surface area contributed by atoms with E-state index in [1.54, 1.807) is 36.4 Å². The summed E-state index contributed by atoms with van der Waals surface area (Å²) in [6.45, 7) is 0. The molecule has 4 N–H and O–H groups in total. The first-order valence-electron chi connectivity index (χ1n) is 5.19. The number of carbonyl (C=O) groups excluding carboxylic acids is 1. The zero-order valence-corrected chi connectivity index (χ0v) is 10.1. The zero-order valence-electron chi connectivity index (χ0n) is 9.39. The molecule has 0 saturated heterocycles. The summed E-state index contributed by atoms with van der Waals surface area (Å²) in [5.74, 6) is 0.451. The van der Waals surface area contributed by atoms with Crippen LogP contribution in [0.25, 0.3) is 0 Å². The fourth-order valence-electron chi connectivity index (χ4n) is 1.48. The number of anilines is 1. The minimum atomic E-state index is -0.593. The largest absolute Gasteiger partial charge is 0.457 e. The highest BCUT2D eigenvalue weighted by atomic mass is 35.5. The molecule has 2 rings (SSSR count). The van der Waals surface area contributed by atoms with Gasteiger partial charge in [-0.15, -0.1) is 0 Å². The van der Waals surface area contributed by atoms with Gasteiger partial charge in [0.05, 0.1) is 5.56 Å². The summed E-state index contributed by atoms with van der Waals surface area (Å²) < 4.78 is 5.56. The van der Waals surface area contributed by atoms with Gasteiger partial charge >= 0.3 is 0 Å². The normalized spacial score (nSPS) is 10.1. The minimum Gasteiger partial charge on any atom is -0.457 e. The summed E-state index contributed by atoms with van der Waals surface area (Å²) in [6, 6.07) is 11.7. The smallest absolute Gasteiger partial charge is 0.250 e. The summed E-state index contributed by atoms with van der Waals surface area (Å²) in [6.07, 6.45) is 0. The van der Waals surface area contributed by atoms with Crippen LogP contribution in [0.5, 0.6) is 11.5 Å². The van der Waals surface area contributed by atoms with E-state index in [2.05, 4.69) is 0 Å². The molecule has 0 spiro atoms. The molecule has 0 aliphatic carbocycles. The molecule has 0 unspecified atom stereocenters. The Morgan fingerprint density at radius 1 is 1.11 bits per heavy atom. The maximum absolute atomic E-state index is 11.1. The van der Waals surface area contributed by atoms with Crippen molar-refractivity contribution in [2.75, 3.05) is 5.73 Å². The first kappa shape index (κ1) is 12.3. The van der Waals surface area contributed by atoms with Crippen LogP contribution in [0.2, 0.25) is 5.02 Å². The number of amides is 1. The number of halogens is 1. The Hall–Kier alpha value is -2.20. The molecule has 1 amide bonds. The van der Waals surface area contributed by atoms with Gasteiger partial charge in [-0.2, -0.15) is 0 Å². The van der Waals surface area contributed by atoms with Crippen LogP contribution in [0.1, 0.15) is 10.4 Å². The SMILES string of the molecule is NC(=O)c1cc(Oc2cccc(Cl)c2)ccc1N. The van der Waals surface area contributed by atoms with Crippen LogP contribution >= 0.6 is 11.6 Å². The third kappa shape index (κ3) is 2.73. The van der Waals surface area contributed by atoms with E-state index in [-0.39, 0.29) is 5.56 Å². The van der Waals surface area contributed by atoms with E-state index in [0.717, 1.165) is 0 Å². The second-order valence-corrected chi connectivity index (χ2v) is 4.11. The van der Waals surface area contributed by atoms with Gasteiger partial charge in [0.2, 0.25) is 0 Å². The molecule has 0 heterocycles. The van der Waals surface area contributed by atoms with Gasteiger partial charge in [-0.25, -0.2) is 0 Å². The Labute approximate surface area is 109 Å². The van der Waals surface area contributed by atoms with Crippen LogP contribution in [0.3, 0.4) is 0 Å². The van der Waals surface area contributed by atoms with Crippen molar-refractivity contribution in [1.82, 2.24) is 0 Å². The minimum absolute atomic E-state index is 0.231. The second kappa shape index (κ2) is 4.98. The Morgan fingerprint density at radius 2 is 1.83 bits per heavy atom. The van der Waals surface area contributed by atoms with Crippen LogP contribution in [0.4, 0.5) is 5.69 Å². The van der Waals surface area contributed by atoms with Crippen molar-refractivity contribution in [3.8, 4) is 11.5 Å². The van der Waals surface area contributed by atoms with Gasteiger partial charge in [0.15, 0.2) is 0 Å². The molecule has 0 aliphatic rings. The number of benzene rings is 2. The van der Waals surface area contributed by atoms with Crippen molar-refractivity contribution in [1.29, 1.82) is 0 Å². The Balaban J connectivity index is 2.30. The molecule has 92 valence electrons. The van der Waals surface area contributed by atoms with Gasteiger partial charge in [0, 0.05) is 10.7 Å². The van der Waals surface area contributed by atoms with Crippen molar-refractivity contribution in [2.24, 2.45) is 5.73 Å². The van der Waals surface area contributed by atoms with Gasteiger partial charge in [-0.1, -0.05) is 17.7 Å². The fraction of sp³-hybridized carbons (Fsp3) is 0. The highest BCUT2D eigenvalue weighted by Crippen LogP contribution is 2.26. The van der Waals surface area contributed by atoms with E-state index >= 15 is 0 Å². The number of hydrogen-bond donors (Lipinski definition) is 2. The summed E-state index contributed by atoms with van der Waals surface area (Å²) >= 11 is 5.84. The van der Waals surface area contributed by atoms with Gasteiger partial charge < -0.3 is 16.2 Å². The standard InChI is InChI=1S/C13H11ClN2O2/c14-8-2-1-3-9(6-8)18-10-4-5-12(15)11(7-10)13(16)17/h1-7H,15H2,(H2,16,17). The summed E-state index contributed by atoms with van der Waals surface area (Å²) in [5.41, 5.74) is 11.4. The number of nitrogen functional groups attached to an aromatic ring is 1.